The zero-order chi connectivity index (χ0) is 29.1. The fourth-order valence-electron chi connectivity index (χ4n) is 6.40. The summed E-state index contributed by atoms with van der Waals surface area (Å²) >= 11 is 5.93. The predicted octanol–water partition coefficient (Wildman–Crippen LogP) is 0.704. The average Bonchev–Trinajstić information content (AvgIpc) is 3.43. The van der Waals surface area contributed by atoms with Gasteiger partial charge in [0.15, 0.2) is 17.6 Å². The molecule has 2 amide bonds. The summed E-state index contributed by atoms with van der Waals surface area (Å²) in [5.74, 6) is -0.168. The van der Waals surface area contributed by atoms with Crippen molar-refractivity contribution in [1.82, 2.24) is 31.5 Å². The molecule has 8 N–H and O–H groups in total. The van der Waals surface area contributed by atoms with Crippen LogP contribution in [-0.4, -0.2) is 83.3 Å². The van der Waals surface area contributed by atoms with E-state index in [1.54, 1.807) is 35.2 Å². The second-order valence-corrected chi connectivity index (χ2v) is 12.0. The molecular formula is C28H33ClN8O4. The van der Waals surface area contributed by atoms with Gasteiger partial charge in [-0.05, 0) is 42.2 Å². The number of guanidine groups is 2. The third-order valence-corrected chi connectivity index (χ3v) is 8.87. The van der Waals surface area contributed by atoms with Gasteiger partial charge in [0.05, 0.1) is 30.3 Å². The summed E-state index contributed by atoms with van der Waals surface area (Å²) in [6, 6.07) is 10.1. The lowest BCUT2D eigenvalue weighted by molar-refractivity contribution is 0.00611. The van der Waals surface area contributed by atoms with Gasteiger partial charge in [-0.1, -0.05) is 37.6 Å². The van der Waals surface area contributed by atoms with Crippen LogP contribution in [0.4, 0.5) is 0 Å². The van der Waals surface area contributed by atoms with E-state index in [4.69, 9.17) is 27.2 Å². The number of carbonyl (C=O) groups excluding carboxylic acids is 2. The summed E-state index contributed by atoms with van der Waals surface area (Å²) in [7, 11) is 0. The number of halogens is 1. The van der Waals surface area contributed by atoms with Crippen molar-refractivity contribution >= 4 is 35.3 Å². The van der Waals surface area contributed by atoms with Gasteiger partial charge in [-0.3, -0.25) is 20.4 Å². The number of benzene rings is 2. The van der Waals surface area contributed by atoms with E-state index in [0.29, 0.717) is 28.5 Å². The Balaban J connectivity index is 1.22. The monoisotopic (exact) mass is 580 g/mol. The molecule has 2 aromatic rings. The average molecular weight is 581 g/mol. The first-order valence-electron chi connectivity index (χ1n) is 13.6. The number of aliphatic hydroxyl groups excluding tert-OH is 1. The van der Waals surface area contributed by atoms with Crippen LogP contribution in [0.5, 0.6) is 5.75 Å². The van der Waals surface area contributed by atoms with Crippen LogP contribution in [0.25, 0.3) is 0 Å². The Morgan fingerprint density at radius 1 is 1.15 bits per heavy atom. The van der Waals surface area contributed by atoms with E-state index in [0.717, 1.165) is 12.0 Å². The largest absolute Gasteiger partial charge is 0.492 e. The highest BCUT2D eigenvalue weighted by atomic mass is 35.5. The fourth-order valence-corrected chi connectivity index (χ4v) is 6.53. The maximum absolute atomic E-state index is 13.5. The Bertz CT molecular complexity index is 1430. The molecule has 13 heteroatoms. The molecule has 0 radical (unpaired) electrons. The molecule has 3 unspecified atom stereocenters. The first-order chi connectivity index (χ1) is 19.5. The van der Waals surface area contributed by atoms with Gasteiger partial charge in [-0.15, -0.1) is 0 Å². The van der Waals surface area contributed by atoms with Crippen LogP contribution in [0, 0.1) is 10.8 Å². The van der Waals surface area contributed by atoms with Crippen LogP contribution in [0.15, 0.2) is 42.5 Å². The molecule has 5 atom stereocenters. The van der Waals surface area contributed by atoms with E-state index in [-0.39, 0.29) is 42.2 Å². The third kappa shape index (κ3) is 4.41. The van der Waals surface area contributed by atoms with Crippen LogP contribution in [-0.2, 0) is 5.41 Å². The molecule has 3 fully saturated rings. The lowest BCUT2D eigenvalue weighted by atomic mass is 9.79. The summed E-state index contributed by atoms with van der Waals surface area (Å²) < 4.78 is 5.93. The highest BCUT2D eigenvalue weighted by Crippen LogP contribution is 2.41. The Labute approximate surface area is 242 Å². The molecule has 4 aliphatic heterocycles. The Morgan fingerprint density at radius 2 is 1.90 bits per heavy atom. The van der Waals surface area contributed by atoms with E-state index in [9.17, 15) is 14.7 Å². The molecule has 0 saturated carbocycles. The molecule has 0 aliphatic carbocycles. The van der Waals surface area contributed by atoms with Crippen molar-refractivity contribution in [3.05, 3.63) is 64.2 Å². The zero-order valence-electron chi connectivity index (χ0n) is 22.7. The van der Waals surface area contributed by atoms with Gasteiger partial charge in [-0.2, -0.15) is 0 Å². The standard InChI is InChI=1S/C28H33ClN8O4/c1-27(2)10-11-41-20-16(4-3-5-17(20)27)24(40)33-19-13-37-26(31)34-18(21-28(37,22(19)38)36-25(30)35-21)12-32-23(39)14-6-8-15(29)9-7-14/h3-9,18-19,21-22,38H,10-13H2,1-2H3,(H2,31,34)(H,32,39)(H,33,40)(H3,30,35,36)/t18-,19?,21?,22+,28?/m0/s1. The maximum Gasteiger partial charge on any atom is 0.255 e. The minimum Gasteiger partial charge on any atom is -0.492 e. The lowest BCUT2D eigenvalue weighted by Crippen LogP contribution is -2.78. The van der Waals surface area contributed by atoms with E-state index >= 15 is 0 Å². The van der Waals surface area contributed by atoms with E-state index < -0.39 is 29.9 Å². The molecule has 6 rings (SSSR count). The molecule has 3 saturated heterocycles. The highest BCUT2D eigenvalue weighted by Gasteiger charge is 2.66. The molecule has 216 valence electrons. The zero-order valence-corrected chi connectivity index (χ0v) is 23.4. The number of fused-ring (bicyclic) bond motifs is 1. The first-order valence-corrected chi connectivity index (χ1v) is 13.9. The minimum atomic E-state index is -1.29. The van der Waals surface area contributed by atoms with Crippen molar-refractivity contribution in [3.8, 4) is 5.75 Å². The van der Waals surface area contributed by atoms with Crippen LogP contribution in [0.1, 0.15) is 46.5 Å². The van der Waals surface area contributed by atoms with Crippen molar-refractivity contribution in [2.75, 3.05) is 19.7 Å². The molecule has 0 aromatic heterocycles. The quantitative estimate of drug-likeness (QED) is 0.255. The summed E-state index contributed by atoms with van der Waals surface area (Å²) in [6.07, 6.45) is -0.354. The number of hydrogen-bond donors (Lipinski definition) is 8. The summed E-state index contributed by atoms with van der Waals surface area (Å²) in [6.45, 7) is 4.98. The number of nitrogens with one attached hydrogen (secondary N) is 7. The van der Waals surface area contributed by atoms with E-state index in [1.807, 2.05) is 12.1 Å². The molecule has 12 nitrogen and oxygen atoms in total. The summed E-state index contributed by atoms with van der Waals surface area (Å²) in [4.78, 5) is 27.9. The number of rotatable bonds is 5. The van der Waals surface area contributed by atoms with Crippen molar-refractivity contribution in [1.29, 1.82) is 10.8 Å². The van der Waals surface area contributed by atoms with E-state index in [2.05, 4.69) is 40.4 Å². The lowest BCUT2D eigenvalue weighted by Gasteiger charge is -2.49. The van der Waals surface area contributed by atoms with Gasteiger partial charge < -0.3 is 41.3 Å². The van der Waals surface area contributed by atoms with E-state index in [1.165, 1.54) is 0 Å². The number of para-hydroxylation sites is 1. The third-order valence-electron chi connectivity index (χ3n) is 8.62. The van der Waals surface area contributed by atoms with Crippen LogP contribution in [0.2, 0.25) is 5.02 Å². The van der Waals surface area contributed by atoms with Gasteiger partial charge in [-0.25, -0.2) is 0 Å². The summed E-state index contributed by atoms with van der Waals surface area (Å²) in [5, 5.41) is 44.3. The topological polar surface area (TPSA) is 175 Å². The molecule has 4 aliphatic rings. The summed E-state index contributed by atoms with van der Waals surface area (Å²) in [5.41, 5.74) is 0.358. The molecule has 4 heterocycles. The fraction of sp³-hybridized carbons (Fsp3) is 0.429. The SMILES string of the molecule is CC1(C)CCOc2c(C(=O)NC3CN4C(=N)N[C@@H](CNC(=O)c5ccc(Cl)cc5)C5NC(=N)NC54[C@@H]3O)cccc21. The Morgan fingerprint density at radius 3 is 2.66 bits per heavy atom. The molecule has 0 bridgehead atoms. The predicted molar refractivity (Wildman–Crippen MR) is 152 cm³/mol. The second-order valence-electron chi connectivity index (χ2n) is 11.6. The van der Waals surface area contributed by atoms with Gasteiger partial charge >= 0.3 is 0 Å². The molecule has 41 heavy (non-hydrogen) atoms. The highest BCUT2D eigenvalue weighted by molar-refractivity contribution is 6.30. The van der Waals surface area contributed by atoms with Gasteiger partial charge in [0.1, 0.15) is 11.9 Å². The number of aliphatic hydroxyl groups is 1. The number of hydrogen-bond acceptors (Lipinski definition) is 6. The van der Waals surface area contributed by atoms with Crippen LogP contribution in [0.3, 0.4) is 0 Å². The molecule has 2 aromatic carbocycles. The second kappa shape index (κ2) is 9.81. The van der Waals surface area contributed by atoms with Crippen LogP contribution < -0.4 is 31.3 Å². The molecular weight excluding hydrogens is 548 g/mol. The van der Waals surface area contributed by atoms with Crippen LogP contribution >= 0.6 is 11.6 Å². The van der Waals surface area contributed by atoms with Crippen molar-refractivity contribution in [3.63, 3.8) is 0 Å². The van der Waals surface area contributed by atoms with Gasteiger partial charge in [0.2, 0.25) is 0 Å². The van der Waals surface area contributed by atoms with Crippen molar-refractivity contribution in [2.24, 2.45) is 0 Å². The molecule has 1 spiro atoms. The van der Waals surface area contributed by atoms with Crippen molar-refractivity contribution in [2.45, 2.75) is 55.6 Å². The number of carbonyl (C=O) groups is 2. The number of amides is 2. The van der Waals surface area contributed by atoms with Gasteiger partial charge in [0.25, 0.3) is 11.8 Å². The first kappa shape index (κ1) is 27.2. The minimum absolute atomic E-state index is 0.00830. The Hall–Kier alpha value is -4.03. The van der Waals surface area contributed by atoms with Gasteiger partial charge in [0, 0.05) is 29.2 Å². The van der Waals surface area contributed by atoms with Crippen molar-refractivity contribution < 1.29 is 19.4 Å². The smallest absolute Gasteiger partial charge is 0.255 e. The normalized spacial score (nSPS) is 29.1. The number of nitrogens with zero attached hydrogens (tertiary/aromatic N) is 1. The Kier molecular flexibility index (Phi) is 6.50. The number of ether oxygens (including phenoxy) is 1. The maximum atomic E-state index is 13.5.